The topological polar surface area (TPSA) is 78.9 Å². The van der Waals surface area contributed by atoms with Crippen molar-refractivity contribution in [2.45, 2.75) is 44.6 Å². The molecule has 0 unspecified atom stereocenters. The van der Waals surface area contributed by atoms with Gasteiger partial charge in [-0.05, 0) is 43.4 Å². The van der Waals surface area contributed by atoms with Crippen molar-refractivity contribution in [1.29, 1.82) is 0 Å². The van der Waals surface area contributed by atoms with E-state index in [1.54, 1.807) is 6.07 Å². The zero-order valence-corrected chi connectivity index (χ0v) is 14.3. The van der Waals surface area contributed by atoms with Crippen molar-refractivity contribution >= 4 is 12.0 Å². The monoisotopic (exact) mass is 374 g/mol. The van der Waals surface area contributed by atoms with Crippen molar-refractivity contribution in [1.82, 2.24) is 10.2 Å². The molecular formula is C17H21F3N2O4. The lowest BCUT2D eigenvalue weighted by Crippen LogP contribution is -2.44. The Balaban J connectivity index is 1.85. The Labute approximate surface area is 148 Å². The molecule has 9 heteroatoms. The molecule has 0 saturated heterocycles. The first kappa shape index (κ1) is 19.9. The van der Waals surface area contributed by atoms with E-state index in [2.05, 4.69) is 10.1 Å². The van der Waals surface area contributed by atoms with Crippen LogP contribution in [-0.4, -0.2) is 41.5 Å². The summed E-state index contributed by atoms with van der Waals surface area (Å²) in [4.78, 5) is 24.5. The Kier molecular flexibility index (Phi) is 6.33. The number of ether oxygens (including phenoxy) is 1. The molecule has 26 heavy (non-hydrogen) atoms. The number of alkyl halides is 3. The van der Waals surface area contributed by atoms with Gasteiger partial charge in [-0.3, -0.25) is 4.79 Å². The third-order valence-electron chi connectivity index (χ3n) is 4.30. The van der Waals surface area contributed by atoms with Crippen LogP contribution in [0, 0.1) is 5.92 Å². The third-order valence-corrected chi connectivity index (χ3v) is 4.30. The average molecular weight is 374 g/mol. The van der Waals surface area contributed by atoms with Crippen LogP contribution in [0.25, 0.3) is 0 Å². The minimum absolute atomic E-state index is 0.0968. The lowest BCUT2D eigenvalue weighted by Gasteiger charge is -2.29. The molecule has 1 saturated carbocycles. The Hall–Kier alpha value is -2.45. The molecule has 0 aromatic heterocycles. The predicted molar refractivity (Wildman–Crippen MR) is 86.5 cm³/mol. The quantitative estimate of drug-likeness (QED) is 0.828. The molecule has 1 aromatic carbocycles. The van der Waals surface area contributed by atoms with Crippen molar-refractivity contribution in [3.05, 3.63) is 29.8 Å². The minimum atomic E-state index is -4.77. The number of nitrogens with one attached hydrogen (secondary N) is 1. The Morgan fingerprint density at radius 3 is 2.50 bits per heavy atom. The summed E-state index contributed by atoms with van der Waals surface area (Å²) in [6, 6.07) is 5.00. The molecule has 0 aliphatic heterocycles. The summed E-state index contributed by atoms with van der Waals surface area (Å²) in [5.41, 5.74) is 0.499. The van der Waals surface area contributed by atoms with E-state index in [9.17, 15) is 22.8 Å². The maximum atomic E-state index is 12.3. The fraction of sp³-hybridized carbons (Fsp3) is 0.529. The van der Waals surface area contributed by atoms with Gasteiger partial charge in [0.05, 0.1) is 5.92 Å². The SMILES string of the molecule is CN(Cc1cccc(OC(F)(F)F)c1)C(=O)NC1CCC(C(=O)O)CC1. The van der Waals surface area contributed by atoms with Crippen LogP contribution in [0.4, 0.5) is 18.0 Å². The van der Waals surface area contributed by atoms with Gasteiger partial charge in [-0.25, -0.2) is 4.79 Å². The lowest BCUT2D eigenvalue weighted by molar-refractivity contribution is -0.274. The van der Waals surface area contributed by atoms with Crippen LogP contribution in [-0.2, 0) is 11.3 Å². The first-order chi connectivity index (χ1) is 12.1. The second-order valence-electron chi connectivity index (χ2n) is 6.39. The van der Waals surface area contributed by atoms with Gasteiger partial charge in [-0.1, -0.05) is 12.1 Å². The number of hydrogen-bond acceptors (Lipinski definition) is 3. The summed E-state index contributed by atoms with van der Waals surface area (Å²) < 4.78 is 40.7. The zero-order valence-electron chi connectivity index (χ0n) is 14.3. The van der Waals surface area contributed by atoms with Gasteiger partial charge in [0.15, 0.2) is 0 Å². The Morgan fingerprint density at radius 2 is 1.92 bits per heavy atom. The van der Waals surface area contributed by atoms with Gasteiger partial charge in [0, 0.05) is 19.6 Å². The van der Waals surface area contributed by atoms with Crippen molar-refractivity contribution in [2.24, 2.45) is 5.92 Å². The second-order valence-corrected chi connectivity index (χ2v) is 6.39. The molecule has 1 aliphatic carbocycles. The largest absolute Gasteiger partial charge is 0.573 e. The highest BCUT2D eigenvalue weighted by Crippen LogP contribution is 2.25. The highest BCUT2D eigenvalue weighted by molar-refractivity contribution is 5.74. The first-order valence-corrected chi connectivity index (χ1v) is 8.23. The van der Waals surface area contributed by atoms with E-state index in [4.69, 9.17) is 5.11 Å². The smallest absolute Gasteiger partial charge is 0.481 e. The number of carboxylic acid groups (broad SMARTS) is 1. The molecule has 0 spiro atoms. The first-order valence-electron chi connectivity index (χ1n) is 8.23. The molecule has 1 fully saturated rings. The van der Waals surface area contributed by atoms with Gasteiger partial charge < -0.3 is 20.1 Å². The van der Waals surface area contributed by atoms with E-state index in [-0.39, 0.29) is 30.3 Å². The summed E-state index contributed by atoms with van der Waals surface area (Å²) in [5, 5.41) is 11.8. The van der Waals surface area contributed by atoms with E-state index in [0.29, 0.717) is 31.2 Å². The molecule has 0 bridgehead atoms. The van der Waals surface area contributed by atoms with Crippen molar-refractivity contribution in [3.8, 4) is 5.75 Å². The summed E-state index contributed by atoms with van der Waals surface area (Å²) >= 11 is 0. The molecule has 0 atom stereocenters. The number of nitrogens with zero attached hydrogens (tertiary/aromatic N) is 1. The van der Waals surface area contributed by atoms with Crippen LogP contribution in [0.5, 0.6) is 5.75 Å². The predicted octanol–water partition coefficient (Wildman–Crippen LogP) is 3.37. The molecule has 0 radical (unpaired) electrons. The number of hydrogen-bond donors (Lipinski definition) is 2. The molecule has 2 amide bonds. The fourth-order valence-corrected chi connectivity index (χ4v) is 2.96. The highest BCUT2D eigenvalue weighted by atomic mass is 19.4. The van der Waals surface area contributed by atoms with E-state index >= 15 is 0 Å². The van der Waals surface area contributed by atoms with Crippen LogP contribution in [0.1, 0.15) is 31.2 Å². The van der Waals surface area contributed by atoms with Crippen LogP contribution >= 0.6 is 0 Å². The van der Waals surface area contributed by atoms with E-state index in [0.717, 1.165) is 0 Å². The maximum absolute atomic E-state index is 12.3. The summed E-state index contributed by atoms with van der Waals surface area (Å²) in [5.74, 6) is -1.51. The highest BCUT2D eigenvalue weighted by Gasteiger charge is 2.31. The van der Waals surface area contributed by atoms with Crippen LogP contribution in [0.2, 0.25) is 0 Å². The molecule has 144 valence electrons. The van der Waals surface area contributed by atoms with Crippen molar-refractivity contribution in [2.75, 3.05) is 7.05 Å². The number of urea groups is 1. The van der Waals surface area contributed by atoms with Gasteiger partial charge in [-0.15, -0.1) is 13.2 Å². The van der Waals surface area contributed by atoms with Gasteiger partial charge in [-0.2, -0.15) is 0 Å². The van der Waals surface area contributed by atoms with Gasteiger partial charge in [0.1, 0.15) is 5.75 Å². The number of carbonyl (C=O) groups excluding carboxylic acids is 1. The molecule has 6 nitrogen and oxygen atoms in total. The normalized spacial score (nSPS) is 20.3. The molecule has 1 aromatic rings. The molecule has 1 aliphatic rings. The van der Waals surface area contributed by atoms with Crippen LogP contribution in [0.15, 0.2) is 24.3 Å². The minimum Gasteiger partial charge on any atom is -0.481 e. The number of amides is 2. The number of carbonyl (C=O) groups is 2. The van der Waals surface area contributed by atoms with Crippen molar-refractivity contribution in [3.63, 3.8) is 0 Å². The summed E-state index contributed by atoms with van der Waals surface area (Å²) in [7, 11) is 1.54. The number of rotatable bonds is 5. The lowest BCUT2D eigenvalue weighted by atomic mass is 9.86. The standard InChI is InChI=1S/C17H21F3N2O4/c1-22(10-11-3-2-4-14(9-11)26-17(18,19)20)16(25)21-13-7-5-12(6-8-13)15(23)24/h2-4,9,12-13H,5-8,10H2,1H3,(H,21,25)(H,23,24). The molecular weight excluding hydrogens is 353 g/mol. The number of benzene rings is 1. The fourth-order valence-electron chi connectivity index (χ4n) is 2.96. The van der Waals surface area contributed by atoms with Crippen molar-refractivity contribution < 1.29 is 32.6 Å². The van der Waals surface area contributed by atoms with E-state index < -0.39 is 12.3 Å². The van der Waals surface area contributed by atoms with Gasteiger partial charge in [0.25, 0.3) is 0 Å². The second kappa shape index (κ2) is 8.29. The van der Waals surface area contributed by atoms with Gasteiger partial charge >= 0.3 is 18.4 Å². The number of halogens is 3. The van der Waals surface area contributed by atoms with Crippen LogP contribution in [0.3, 0.4) is 0 Å². The Bertz CT molecular complexity index is 643. The Morgan fingerprint density at radius 1 is 1.27 bits per heavy atom. The zero-order chi connectivity index (χ0) is 19.3. The summed E-state index contributed by atoms with van der Waals surface area (Å²) in [6.45, 7) is 0.116. The molecule has 2 rings (SSSR count). The molecule has 0 heterocycles. The maximum Gasteiger partial charge on any atom is 0.573 e. The number of aliphatic carboxylic acids is 1. The van der Waals surface area contributed by atoms with E-state index in [1.807, 2.05) is 0 Å². The third kappa shape index (κ3) is 6.12. The van der Waals surface area contributed by atoms with Gasteiger partial charge in [0.2, 0.25) is 0 Å². The number of carboxylic acids is 1. The summed E-state index contributed by atoms with van der Waals surface area (Å²) in [6.07, 6.45) is -2.56. The average Bonchev–Trinajstić information content (AvgIpc) is 2.54. The molecule has 2 N–H and O–H groups in total. The van der Waals surface area contributed by atoms with Crippen LogP contribution < -0.4 is 10.1 Å². The van der Waals surface area contributed by atoms with E-state index in [1.165, 1.54) is 30.1 Å².